The summed E-state index contributed by atoms with van der Waals surface area (Å²) in [7, 11) is 0. The van der Waals surface area contributed by atoms with Crippen molar-refractivity contribution in [3.8, 4) is 0 Å². The number of nitrogens with zero attached hydrogens (tertiary/aromatic N) is 5. The smallest absolute Gasteiger partial charge is 0.267 e. The SMILES string of the molecule is CCc1nnsc1C(=O)N1CCO[C@H](CCc2ccncn2)C1. The Hall–Kier alpha value is -1.93. The molecule has 0 N–H and O–H groups in total. The van der Waals surface area contributed by atoms with Gasteiger partial charge in [0.05, 0.1) is 18.4 Å². The fourth-order valence-corrected chi connectivity index (χ4v) is 3.32. The van der Waals surface area contributed by atoms with E-state index >= 15 is 0 Å². The third kappa shape index (κ3) is 3.89. The molecule has 0 aromatic carbocycles. The molecule has 0 bridgehead atoms. The fraction of sp³-hybridized carbons (Fsp3) is 0.533. The van der Waals surface area contributed by atoms with Gasteiger partial charge in [0.2, 0.25) is 0 Å². The fourth-order valence-electron chi connectivity index (χ4n) is 2.60. The van der Waals surface area contributed by atoms with Crippen LogP contribution in [0.3, 0.4) is 0 Å². The maximum Gasteiger partial charge on any atom is 0.267 e. The van der Waals surface area contributed by atoms with E-state index in [4.69, 9.17) is 4.74 Å². The van der Waals surface area contributed by atoms with Crippen LogP contribution in [0.2, 0.25) is 0 Å². The number of amides is 1. The lowest BCUT2D eigenvalue weighted by Crippen LogP contribution is -2.45. The van der Waals surface area contributed by atoms with Crippen LogP contribution in [0, 0.1) is 0 Å². The average molecular weight is 333 g/mol. The molecule has 23 heavy (non-hydrogen) atoms. The molecule has 1 amide bonds. The minimum absolute atomic E-state index is 0.0205. The maximum atomic E-state index is 12.6. The highest BCUT2D eigenvalue weighted by atomic mass is 32.1. The molecule has 1 fully saturated rings. The van der Waals surface area contributed by atoms with E-state index in [1.54, 1.807) is 12.5 Å². The summed E-state index contributed by atoms with van der Waals surface area (Å²) in [5.41, 5.74) is 1.77. The zero-order valence-electron chi connectivity index (χ0n) is 13.0. The molecule has 0 radical (unpaired) electrons. The molecular weight excluding hydrogens is 314 g/mol. The van der Waals surface area contributed by atoms with Crippen LogP contribution in [0.25, 0.3) is 0 Å². The van der Waals surface area contributed by atoms with Crippen LogP contribution < -0.4 is 0 Å². The number of hydrogen-bond acceptors (Lipinski definition) is 7. The van der Waals surface area contributed by atoms with Crippen molar-refractivity contribution in [2.45, 2.75) is 32.3 Å². The molecular formula is C15H19N5O2S. The summed E-state index contributed by atoms with van der Waals surface area (Å²) in [6.45, 7) is 3.76. The van der Waals surface area contributed by atoms with Gasteiger partial charge in [-0.2, -0.15) is 0 Å². The molecule has 1 saturated heterocycles. The Balaban J connectivity index is 1.58. The largest absolute Gasteiger partial charge is 0.375 e. The van der Waals surface area contributed by atoms with Crippen molar-refractivity contribution in [2.75, 3.05) is 19.7 Å². The van der Waals surface area contributed by atoms with Gasteiger partial charge in [0, 0.05) is 25.0 Å². The second-order valence-corrected chi connectivity index (χ2v) is 6.14. The van der Waals surface area contributed by atoms with Crippen molar-refractivity contribution in [3.05, 3.63) is 34.9 Å². The Labute approximate surface area is 138 Å². The first kappa shape index (κ1) is 15.9. The molecule has 122 valence electrons. The third-order valence-corrected chi connectivity index (χ3v) is 4.63. The van der Waals surface area contributed by atoms with E-state index < -0.39 is 0 Å². The van der Waals surface area contributed by atoms with Crippen molar-refractivity contribution in [2.24, 2.45) is 0 Å². The lowest BCUT2D eigenvalue weighted by atomic mass is 10.1. The Morgan fingerprint density at radius 1 is 1.52 bits per heavy atom. The summed E-state index contributed by atoms with van der Waals surface area (Å²) in [5, 5.41) is 4.02. The van der Waals surface area contributed by atoms with Gasteiger partial charge in [0.25, 0.3) is 5.91 Å². The molecule has 2 aromatic rings. The number of rotatable bonds is 5. The average Bonchev–Trinajstić information content (AvgIpc) is 3.09. The maximum absolute atomic E-state index is 12.6. The van der Waals surface area contributed by atoms with Gasteiger partial charge in [-0.05, 0) is 36.9 Å². The second kappa shape index (κ2) is 7.56. The third-order valence-electron chi connectivity index (χ3n) is 3.88. The summed E-state index contributed by atoms with van der Waals surface area (Å²) in [4.78, 5) is 23.3. The molecule has 8 heteroatoms. The molecule has 0 spiro atoms. The number of hydrogen-bond donors (Lipinski definition) is 0. The Kier molecular flexibility index (Phi) is 5.24. The minimum Gasteiger partial charge on any atom is -0.375 e. The number of carbonyl (C=O) groups excluding carboxylic acids is 1. The van der Waals surface area contributed by atoms with Gasteiger partial charge >= 0.3 is 0 Å². The lowest BCUT2D eigenvalue weighted by Gasteiger charge is -2.32. The zero-order chi connectivity index (χ0) is 16.1. The van der Waals surface area contributed by atoms with Crippen molar-refractivity contribution in [1.82, 2.24) is 24.5 Å². The van der Waals surface area contributed by atoms with Crippen LogP contribution in [-0.4, -0.2) is 56.2 Å². The van der Waals surface area contributed by atoms with Crippen LogP contribution in [0.4, 0.5) is 0 Å². The van der Waals surface area contributed by atoms with Gasteiger partial charge in [-0.1, -0.05) is 11.4 Å². The number of morpholine rings is 1. The van der Waals surface area contributed by atoms with Crippen LogP contribution in [0.5, 0.6) is 0 Å². The summed E-state index contributed by atoms with van der Waals surface area (Å²) in [6.07, 6.45) is 5.70. The van der Waals surface area contributed by atoms with E-state index in [1.807, 2.05) is 17.9 Å². The van der Waals surface area contributed by atoms with Gasteiger partial charge in [-0.3, -0.25) is 4.79 Å². The highest BCUT2D eigenvalue weighted by molar-refractivity contribution is 7.08. The molecule has 2 aromatic heterocycles. The zero-order valence-corrected chi connectivity index (χ0v) is 13.8. The molecule has 0 unspecified atom stereocenters. The van der Waals surface area contributed by atoms with Crippen LogP contribution >= 0.6 is 11.5 Å². The van der Waals surface area contributed by atoms with Gasteiger partial charge < -0.3 is 9.64 Å². The van der Waals surface area contributed by atoms with Crippen molar-refractivity contribution in [3.63, 3.8) is 0 Å². The second-order valence-electron chi connectivity index (χ2n) is 5.39. The number of aromatic nitrogens is 4. The first-order chi connectivity index (χ1) is 11.3. The van der Waals surface area contributed by atoms with Gasteiger partial charge in [-0.25, -0.2) is 9.97 Å². The van der Waals surface area contributed by atoms with Gasteiger partial charge in [0.15, 0.2) is 0 Å². The van der Waals surface area contributed by atoms with Crippen LogP contribution in [-0.2, 0) is 17.6 Å². The Morgan fingerprint density at radius 3 is 3.22 bits per heavy atom. The molecule has 3 heterocycles. The quantitative estimate of drug-likeness (QED) is 0.822. The highest BCUT2D eigenvalue weighted by Crippen LogP contribution is 2.18. The van der Waals surface area contributed by atoms with Crippen LogP contribution in [0.1, 0.15) is 34.4 Å². The molecule has 0 aliphatic carbocycles. The first-order valence-corrected chi connectivity index (χ1v) is 8.52. The standard InChI is InChI=1S/C15H19N5O2S/c1-2-13-14(23-19-18-13)15(21)20-7-8-22-12(9-20)4-3-11-5-6-16-10-17-11/h5-6,10,12H,2-4,7-9H2,1H3/t12-/m1/s1. The van der Waals surface area contributed by atoms with Gasteiger partial charge in [0.1, 0.15) is 11.2 Å². The summed E-state index contributed by atoms with van der Waals surface area (Å²) in [5.74, 6) is 0.0205. The van der Waals surface area contributed by atoms with Crippen molar-refractivity contribution >= 4 is 17.4 Å². The topological polar surface area (TPSA) is 81.1 Å². The molecule has 3 rings (SSSR count). The van der Waals surface area contributed by atoms with Crippen LogP contribution in [0.15, 0.2) is 18.6 Å². The number of ether oxygens (including phenoxy) is 1. The number of carbonyl (C=O) groups is 1. The normalized spacial score (nSPS) is 18.1. The van der Waals surface area contributed by atoms with Crippen molar-refractivity contribution < 1.29 is 9.53 Å². The summed E-state index contributed by atoms with van der Waals surface area (Å²) < 4.78 is 9.69. The summed E-state index contributed by atoms with van der Waals surface area (Å²) >= 11 is 1.18. The highest BCUT2D eigenvalue weighted by Gasteiger charge is 2.27. The Bertz CT molecular complexity index is 648. The van der Waals surface area contributed by atoms with Gasteiger partial charge in [-0.15, -0.1) is 5.10 Å². The van der Waals surface area contributed by atoms with E-state index in [9.17, 15) is 4.79 Å². The number of aryl methyl sites for hydroxylation is 2. The molecule has 7 nitrogen and oxygen atoms in total. The molecule has 1 atom stereocenters. The van der Waals surface area contributed by atoms with Crippen molar-refractivity contribution in [1.29, 1.82) is 0 Å². The van der Waals surface area contributed by atoms with E-state index in [0.717, 1.165) is 30.7 Å². The molecule has 1 aliphatic rings. The minimum atomic E-state index is 0.0205. The Morgan fingerprint density at radius 2 is 2.43 bits per heavy atom. The van der Waals surface area contributed by atoms with E-state index in [0.29, 0.717) is 24.6 Å². The molecule has 0 saturated carbocycles. The predicted molar refractivity (Wildman–Crippen MR) is 85.3 cm³/mol. The lowest BCUT2D eigenvalue weighted by molar-refractivity contribution is -0.0245. The van der Waals surface area contributed by atoms with E-state index in [1.165, 1.54) is 11.5 Å². The monoisotopic (exact) mass is 333 g/mol. The first-order valence-electron chi connectivity index (χ1n) is 7.75. The van der Waals surface area contributed by atoms with E-state index in [2.05, 4.69) is 19.6 Å². The summed E-state index contributed by atoms with van der Waals surface area (Å²) in [6, 6.07) is 1.91. The van der Waals surface area contributed by atoms with E-state index in [-0.39, 0.29) is 12.0 Å². The predicted octanol–water partition coefficient (Wildman–Crippen LogP) is 1.36. The molecule has 1 aliphatic heterocycles.